The first-order chi connectivity index (χ1) is 14.1. The summed E-state index contributed by atoms with van der Waals surface area (Å²) >= 11 is 0. The molecule has 0 aromatic rings. The Bertz CT molecular complexity index is 383. The average Bonchev–Trinajstić information content (AvgIpc) is 2.72. The third-order valence-electron chi connectivity index (χ3n) is 5.39. The van der Waals surface area contributed by atoms with Crippen molar-refractivity contribution in [3.63, 3.8) is 0 Å². The van der Waals surface area contributed by atoms with Gasteiger partial charge < -0.3 is 14.9 Å². The molecule has 5 heteroatoms. The van der Waals surface area contributed by atoms with Gasteiger partial charge in [0.05, 0.1) is 6.61 Å². The predicted molar refractivity (Wildman–Crippen MR) is 118 cm³/mol. The minimum Gasteiger partial charge on any atom is -0.393 e. The van der Waals surface area contributed by atoms with E-state index >= 15 is 0 Å². The monoisotopic (exact) mass is 414 g/mol. The molecule has 0 bridgehead atoms. The van der Waals surface area contributed by atoms with Crippen LogP contribution in [0.25, 0.3) is 0 Å². The van der Waals surface area contributed by atoms with Crippen LogP contribution >= 0.6 is 0 Å². The number of carbonyl (C=O) groups excluding carboxylic acids is 2. The largest absolute Gasteiger partial charge is 0.393 e. The van der Waals surface area contributed by atoms with Gasteiger partial charge in [-0.25, -0.2) is 4.79 Å². The van der Waals surface area contributed by atoms with E-state index in [1.807, 2.05) is 0 Å². The first kappa shape index (κ1) is 28.1. The summed E-state index contributed by atoms with van der Waals surface area (Å²) in [5.74, 6) is -1.70. The summed E-state index contributed by atoms with van der Waals surface area (Å²) in [6.45, 7) is 1.54. The number of aliphatic hydroxyl groups excluding tert-OH is 2. The summed E-state index contributed by atoms with van der Waals surface area (Å²) in [5, 5.41) is 17.6. The van der Waals surface area contributed by atoms with Gasteiger partial charge in [-0.2, -0.15) is 0 Å². The molecular weight excluding hydrogens is 368 g/mol. The molecular formula is C24H46O5. The molecule has 1 unspecified atom stereocenters. The molecule has 0 rings (SSSR count). The Hall–Kier alpha value is -0.940. The van der Waals surface area contributed by atoms with Crippen LogP contribution in [0.5, 0.6) is 0 Å². The van der Waals surface area contributed by atoms with Crippen LogP contribution in [0.1, 0.15) is 129 Å². The number of hydrogen-bond acceptors (Lipinski definition) is 5. The molecule has 0 aliphatic heterocycles. The van der Waals surface area contributed by atoms with Crippen LogP contribution in [-0.4, -0.2) is 34.9 Å². The fourth-order valence-electron chi connectivity index (χ4n) is 3.48. The van der Waals surface area contributed by atoms with E-state index in [4.69, 9.17) is 10.2 Å². The van der Waals surface area contributed by atoms with Crippen LogP contribution in [0.4, 0.5) is 0 Å². The van der Waals surface area contributed by atoms with Crippen LogP contribution in [0.2, 0.25) is 0 Å². The maximum Gasteiger partial charge on any atom is 0.345 e. The lowest BCUT2D eigenvalue weighted by Gasteiger charge is -2.06. The van der Waals surface area contributed by atoms with Gasteiger partial charge in [-0.15, -0.1) is 0 Å². The molecule has 29 heavy (non-hydrogen) atoms. The second-order valence-corrected chi connectivity index (χ2v) is 8.25. The Labute approximate surface area is 178 Å². The third-order valence-corrected chi connectivity index (χ3v) is 5.39. The molecule has 0 heterocycles. The molecule has 172 valence electrons. The fraction of sp³-hybridized carbons (Fsp3) is 0.917. The van der Waals surface area contributed by atoms with Gasteiger partial charge in [0, 0.05) is 6.42 Å². The van der Waals surface area contributed by atoms with Crippen LogP contribution in [-0.2, 0) is 14.3 Å². The Balaban J connectivity index is 3.20. The summed E-state index contributed by atoms with van der Waals surface area (Å²) in [4.78, 5) is 22.5. The summed E-state index contributed by atoms with van der Waals surface area (Å²) in [7, 11) is 0. The number of esters is 2. The minimum absolute atomic E-state index is 0.183. The third kappa shape index (κ3) is 20.1. The maximum atomic E-state index is 11.4. The van der Waals surface area contributed by atoms with E-state index < -0.39 is 24.6 Å². The number of ether oxygens (including phenoxy) is 1. The number of hydrogen-bond donors (Lipinski definition) is 2. The molecule has 2 N–H and O–H groups in total. The molecule has 0 fully saturated rings. The zero-order valence-electron chi connectivity index (χ0n) is 18.8. The summed E-state index contributed by atoms with van der Waals surface area (Å²) < 4.78 is 4.45. The lowest BCUT2D eigenvalue weighted by Crippen LogP contribution is -2.28. The highest BCUT2D eigenvalue weighted by molar-refractivity contribution is 5.87. The van der Waals surface area contributed by atoms with Crippen molar-refractivity contribution in [2.45, 2.75) is 135 Å². The molecule has 0 amide bonds. The number of carbonyl (C=O) groups is 2. The second-order valence-electron chi connectivity index (χ2n) is 8.25. The SMILES string of the molecule is CCCCCCCCCCCCCCCCCCCCC(=O)OC(=O)C(O)CO. The second kappa shape index (κ2) is 21.8. The summed E-state index contributed by atoms with van der Waals surface area (Å²) in [6.07, 6.45) is 21.7. The van der Waals surface area contributed by atoms with E-state index in [0.717, 1.165) is 12.8 Å². The van der Waals surface area contributed by atoms with Gasteiger partial charge in [0.15, 0.2) is 6.10 Å². The van der Waals surface area contributed by atoms with Crippen molar-refractivity contribution in [3.05, 3.63) is 0 Å². The molecule has 0 aromatic carbocycles. The summed E-state index contributed by atoms with van der Waals surface area (Å²) in [6, 6.07) is 0. The van der Waals surface area contributed by atoms with Crippen molar-refractivity contribution in [1.29, 1.82) is 0 Å². The normalized spacial score (nSPS) is 12.1. The standard InChI is InChI=1S/C24H46O5/c1-2-3-4-5-6-7-8-9-10-11-12-13-14-15-16-17-18-19-20-23(27)29-24(28)22(26)21-25/h22,25-26H,2-21H2,1H3. The number of rotatable bonds is 21. The van der Waals surface area contributed by atoms with E-state index in [1.54, 1.807) is 0 Å². The van der Waals surface area contributed by atoms with Gasteiger partial charge in [-0.3, -0.25) is 4.79 Å². The minimum atomic E-state index is -1.63. The van der Waals surface area contributed by atoms with Crippen molar-refractivity contribution in [1.82, 2.24) is 0 Å². The zero-order valence-corrected chi connectivity index (χ0v) is 18.8. The molecule has 1 atom stereocenters. The van der Waals surface area contributed by atoms with Crippen molar-refractivity contribution < 1.29 is 24.5 Å². The molecule has 0 aliphatic carbocycles. The smallest absolute Gasteiger partial charge is 0.345 e. The number of aliphatic hydroxyl groups is 2. The Morgan fingerprint density at radius 1 is 0.655 bits per heavy atom. The molecule has 0 aliphatic rings. The first-order valence-electron chi connectivity index (χ1n) is 12.1. The molecule has 0 saturated carbocycles. The van der Waals surface area contributed by atoms with E-state index in [2.05, 4.69) is 11.7 Å². The lowest BCUT2D eigenvalue weighted by molar-refractivity contribution is -0.167. The van der Waals surface area contributed by atoms with Gasteiger partial charge in [0.1, 0.15) is 0 Å². The first-order valence-corrected chi connectivity index (χ1v) is 12.1. The lowest BCUT2D eigenvalue weighted by atomic mass is 10.0. The van der Waals surface area contributed by atoms with E-state index in [-0.39, 0.29) is 6.42 Å². The quantitative estimate of drug-likeness (QED) is 0.140. The van der Waals surface area contributed by atoms with E-state index in [0.29, 0.717) is 6.42 Å². The Kier molecular flexibility index (Phi) is 21.1. The van der Waals surface area contributed by atoms with E-state index in [1.165, 1.54) is 96.3 Å². The van der Waals surface area contributed by atoms with Crippen molar-refractivity contribution in [2.75, 3.05) is 6.61 Å². The Morgan fingerprint density at radius 2 is 1.00 bits per heavy atom. The molecule has 5 nitrogen and oxygen atoms in total. The average molecular weight is 415 g/mol. The van der Waals surface area contributed by atoms with Crippen LogP contribution in [0, 0.1) is 0 Å². The van der Waals surface area contributed by atoms with Crippen LogP contribution in [0.3, 0.4) is 0 Å². The van der Waals surface area contributed by atoms with Crippen molar-refractivity contribution in [3.8, 4) is 0 Å². The van der Waals surface area contributed by atoms with Gasteiger partial charge in [0.25, 0.3) is 0 Å². The van der Waals surface area contributed by atoms with E-state index in [9.17, 15) is 9.59 Å². The molecule has 0 radical (unpaired) electrons. The van der Waals surface area contributed by atoms with Crippen LogP contribution in [0.15, 0.2) is 0 Å². The predicted octanol–water partition coefficient (Wildman–Crippen LogP) is 5.84. The van der Waals surface area contributed by atoms with Crippen molar-refractivity contribution >= 4 is 11.9 Å². The number of unbranched alkanes of at least 4 members (excludes halogenated alkanes) is 17. The van der Waals surface area contributed by atoms with Gasteiger partial charge >= 0.3 is 11.9 Å². The van der Waals surface area contributed by atoms with Crippen LogP contribution < -0.4 is 0 Å². The van der Waals surface area contributed by atoms with Crippen molar-refractivity contribution in [2.24, 2.45) is 0 Å². The van der Waals surface area contributed by atoms with Gasteiger partial charge in [-0.1, -0.05) is 116 Å². The fourth-order valence-corrected chi connectivity index (χ4v) is 3.48. The molecule has 0 spiro atoms. The summed E-state index contributed by atoms with van der Waals surface area (Å²) in [5.41, 5.74) is 0. The highest BCUT2D eigenvalue weighted by atomic mass is 16.6. The topological polar surface area (TPSA) is 83.8 Å². The Morgan fingerprint density at radius 3 is 1.34 bits per heavy atom. The molecule has 0 saturated heterocycles. The highest BCUT2D eigenvalue weighted by Gasteiger charge is 2.18. The molecule has 0 aromatic heterocycles. The zero-order chi connectivity index (χ0) is 21.6. The van der Waals surface area contributed by atoms with Gasteiger partial charge in [-0.05, 0) is 6.42 Å². The highest BCUT2D eigenvalue weighted by Crippen LogP contribution is 2.14. The van der Waals surface area contributed by atoms with Gasteiger partial charge in [0.2, 0.25) is 0 Å². The maximum absolute atomic E-state index is 11.4.